The molecule has 1 amide bonds. The summed E-state index contributed by atoms with van der Waals surface area (Å²) in [4.78, 5) is 26.7. The summed E-state index contributed by atoms with van der Waals surface area (Å²) in [6.45, 7) is 5.25. The van der Waals surface area contributed by atoms with Gasteiger partial charge in [-0.15, -0.1) is 6.58 Å². The van der Waals surface area contributed by atoms with E-state index in [4.69, 9.17) is 4.52 Å². The molecular formula is C17H21N5O2. The Labute approximate surface area is 140 Å². The Morgan fingerprint density at radius 3 is 3.17 bits per heavy atom. The highest BCUT2D eigenvalue weighted by Gasteiger charge is 2.25. The second-order valence-electron chi connectivity index (χ2n) is 5.98. The van der Waals surface area contributed by atoms with E-state index in [1.807, 2.05) is 4.90 Å². The van der Waals surface area contributed by atoms with Crippen LogP contribution in [0.25, 0.3) is 11.5 Å². The molecule has 3 rings (SSSR count). The highest BCUT2D eigenvalue weighted by atomic mass is 16.5. The molecule has 0 bridgehead atoms. The maximum Gasteiger partial charge on any atom is 0.227 e. The number of allylic oxidation sites excluding steroid dienone is 1. The van der Waals surface area contributed by atoms with Gasteiger partial charge in [-0.2, -0.15) is 4.98 Å². The molecule has 1 unspecified atom stereocenters. The van der Waals surface area contributed by atoms with E-state index in [0.717, 1.165) is 32.4 Å². The van der Waals surface area contributed by atoms with Gasteiger partial charge in [0.25, 0.3) is 0 Å². The van der Waals surface area contributed by atoms with Crippen LogP contribution in [0.15, 0.2) is 35.8 Å². The molecule has 0 aromatic carbocycles. The molecule has 1 fully saturated rings. The van der Waals surface area contributed by atoms with Crippen LogP contribution in [0.2, 0.25) is 0 Å². The van der Waals surface area contributed by atoms with Gasteiger partial charge in [0.1, 0.15) is 5.69 Å². The highest BCUT2D eigenvalue weighted by Crippen LogP contribution is 2.22. The summed E-state index contributed by atoms with van der Waals surface area (Å²) in [5.41, 5.74) is 0.595. The van der Waals surface area contributed by atoms with Crippen LogP contribution in [0.1, 0.15) is 31.6 Å². The standard InChI is InChI=1S/C17H21N5O2/c1-2-3-6-16(23)22-9-4-5-13(12-22)10-15-20-17(21-24-15)14-11-18-7-8-19-14/h2,7-8,11,13H,1,3-6,9-10,12H2. The van der Waals surface area contributed by atoms with E-state index in [1.165, 1.54) is 0 Å². The Bertz CT molecular complexity index is 685. The number of aromatic nitrogens is 4. The minimum Gasteiger partial charge on any atom is -0.342 e. The third-order valence-electron chi connectivity index (χ3n) is 4.16. The van der Waals surface area contributed by atoms with Gasteiger partial charge in [-0.3, -0.25) is 9.78 Å². The molecule has 1 aliphatic heterocycles. The average molecular weight is 327 g/mol. The van der Waals surface area contributed by atoms with Gasteiger partial charge in [0.2, 0.25) is 17.6 Å². The number of hydrogen-bond acceptors (Lipinski definition) is 6. The van der Waals surface area contributed by atoms with Gasteiger partial charge in [-0.1, -0.05) is 11.2 Å². The Morgan fingerprint density at radius 1 is 1.46 bits per heavy atom. The lowest BCUT2D eigenvalue weighted by molar-refractivity contribution is -0.132. The second-order valence-corrected chi connectivity index (χ2v) is 5.98. The third kappa shape index (κ3) is 4.04. The van der Waals surface area contributed by atoms with Crippen molar-refractivity contribution in [2.24, 2.45) is 5.92 Å². The van der Waals surface area contributed by atoms with E-state index in [1.54, 1.807) is 24.7 Å². The molecule has 0 spiro atoms. The second kappa shape index (κ2) is 7.81. The molecule has 0 radical (unpaired) electrons. The topological polar surface area (TPSA) is 85.0 Å². The first-order valence-corrected chi connectivity index (χ1v) is 8.24. The van der Waals surface area contributed by atoms with Crippen LogP contribution in [0.3, 0.4) is 0 Å². The SMILES string of the molecule is C=CCCC(=O)N1CCCC(Cc2nc(-c3cnccn3)no2)C1. The van der Waals surface area contributed by atoms with Gasteiger partial charge in [-0.25, -0.2) is 4.98 Å². The van der Waals surface area contributed by atoms with Crippen LogP contribution in [0, 0.1) is 5.92 Å². The Kier molecular flexibility index (Phi) is 5.30. The summed E-state index contributed by atoms with van der Waals surface area (Å²) in [5.74, 6) is 1.58. The zero-order valence-electron chi connectivity index (χ0n) is 13.6. The fourth-order valence-electron chi connectivity index (χ4n) is 2.95. The van der Waals surface area contributed by atoms with Crippen LogP contribution in [-0.4, -0.2) is 44.0 Å². The summed E-state index contributed by atoms with van der Waals surface area (Å²) in [5, 5.41) is 3.97. The summed E-state index contributed by atoms with van der Waals surface area (Å²) >= 11 is 0. The number of likely N-dealkylation sites (tertiary alicyclic amines) is 1. The van der Waals surface area contributed by atoms with Gasteiger partial charge in [0.05, 0.1) is 6.20 Å². The number of nitrogens with zero attached hydrogens (tertiary/aromatic N) is 5. The Balaban J connectivity index is 1.59. The van der Waals surface area contributed by atoms with Gasteiger partial charge in [0, 0.05) is 38.3 Å². The number of amides is 1. The van der Waals surface area contributed by atoms with Crippen molar-refractivity contribution in [2.45, 2.75) is 32.1 Å². The molecule has 24 heavy (non-hydrogen) atoms. The van der Waals surface area contributed by atoms with Gasteiger partial charge in [0.15, 0.2) is 0 Å². The molecule has 2 aromatic heterocycles. The molecule has 126 valence electrons. The molecule has 2 aromatic rings. The van der Waals surface area contributed by atoms with Gasteiger partial charge >= 0.3 is 0 Å². The van der Waals surface area contributed by atoms with Gasteiger partial charge in [-0.05, 0) is 25.2 Å². The van der Waals surface area contributed by atoms with Crippen molar-refractivity contribution in [3.05, 3.63) is 37.1 Å². The smallest absolute Gasteiger partial charge is 0.227 e. The minimum atomic E-state index is 0.199. The van der Waals surface area contributed by atoms with Crippen molar-refractivity contribution in [1.29, 1.82) is 0 Å². The predicted molar refractivity (Wildman–Crippen MR) is 87.8 cm³/mol. The lowest BCUT2D eigenvalue weighted by Crippen LogP contribution is -2.40. The largest absolute Gasteiger partial charge is 0.342 e. The first kappa shape index (κ1) is 16.3. The Morgan fingerprint density at radius 2 is 2.38 bits per heavy atom. The molecule has 0 aliphatic carbocycles. The van der Waals surface area contributed by atoms with Crippen molar-refractivity contribution in [3.63, 3.8) is 0 Å². The average Bonchev–Trinajstić information content (AvgIpc) is 3.09. The van der Waals surface area contributed by atoms with Crippen LogP contribution in [0.5, 0.6) is 0 Å². The lowest BCUT2D eigenvalue weighted by atomic mass is 9.94. The summed E-state index contributed by atoms with van der Waals surface area (Å²) in [6.07, 6.45) is 10.6. The highest BCUT2D eigenvalue weighted by molar-refractivity contribution is 5.76. The number of rotatable bonds is 6. The van der Waals surface area contributed by atoms with E-state index in [2.05, 4.69) is 26.7 Å². The zero-order chi connectivity index (χ0) is 16.8. The first-order chi connectivity index (χ1) is 11.8. The van der Waals surface area contributed by atoms with Gasteiger partial charge < -0.3 is 9.42 Å². The van der Waals surface area contributed by atoms with E-state index in [9.17, 15) is 4.79 Å². The van der Waals surface area contributed by atoms with E-state index >= 15 is 0 Å². The van der Waals surface area contributed by atoms with Crippen molar-refractivity contribution in [1.82, 2.24) is 25.0 Å². The van der Waals surface area contributed by atoms with Crippen molar-refractivity contribution in [3.8, 4) is 11.5 Å². The summed E-state index contributed by atoms with van der Waals surface area (Å²) < 4.78 is 5.34. The van der Waals surface area contributed by atoms with Crippen LogP contribution in [0.4, 0.5) is 0 Å². The van der Waals surface area contributed by atoms with Crippen LogP contribution < -0.4 is 0 Å². The minimum absolute atomic E-state index is 0.199. The zero-order valence-corrected chi connectivity index (χ0v) is 13.6. The molecule has 3 heterocycles. The summed E-state index contributed by atoms with van der Waals surface area (Å²) in [7, 11) is 0. The van der Waals surface area contributed by atoms with Crippen molar-refractivity contribution >= 4 is 5.91 Å². The number of piperidine rings is 1. The molecule has 0 saturated carbocycles. The molecule has 7 nitrogen and oxygen atoms in total. The number of carbonyl (C=O) groups is 1. The fourth-order valence-corrected chi connectivity index (χ4v) is 2.95. The molecule has 1 aliphatic rings. The summed E-state index contributed by atoms with van der Waals surface area (Å²) in [6, 6.07) is 0. The van der Waals surface area contributed by atoms with Crippen LogP contribution >= 0.6 is 0 Å². The van der Waals surface area contributed by atoms with E-state index in [-0.39, 0.29) is 5.91 Å². The molecular weight excluding hydrogens is 306 g/mol. The normalized spacial score (nSPS) is 17.7. The molecule has 0 N–H and O–H groups in total. The monoisotopic (exact) mass is 327 g/mol. The number of carbonyl (C=O) groups excluding carboxylic acids is 1. The lowest BCUT2D eigenvalue weighted by Gasteiger charge is -2.32. The fraction of sp³-hybridized carbons (Fsp3) is 0.471. The number of hydrogen-bond donors (Lipinski definition) is 0. The molecule has 1 saturated heterocycles. The third-order valence-corrected chi connectivity index (χ3v) is 4.16. The predicted octanol–water partition coefficient (Wildman–Crippen LogP) is 2.27. The van der Waals surface area contributed by atoms with E-state index < -0.39 is 0 Å². The molecule has 1 atom stereocenters. The first-order valence-electron chi connectivity index (χ1n) is 8.24. The Hall–Kier alpha value is -2.57. The van der Waals surface area contributed by atoms with Crippen molar-refractivity contribution in [2.75, 3.05) is 13.1 Å². The van der Waals surface area contributed by atoms with Crippen LogP contribution in [-0.2, 0) is 11.2 Å². The molecule has 7 heteroatoms. The maximum atomic E-state index is 12.2. The van der Waals surface area contributed by atoms with E-state index in [0.29, 0.717) is 36.2 Å². The maximum absolute atomic E-state index is 12.2. The van der Waals surface area contributed by atoms with Crippen molar-refractivity contribution < 1.29 is 9.32 Å². The quantitative estimate of drug-likeness (QED) is 0.757.